The van der Waals surface area contributed by atoms with Crippen molar-refractivity contribution in [2.75, 3.05) is 0 Å². The fraction of sp³-hybridized carbons (Fsp3) is 0.152. The van der Waals surface area contributed by atoms with Gasteiger partial charge in [0.1, 0.15) is 11.5 Å². The molecule has 2 aliphatic rings. The van der Waals surface area contributed by atoms with Crippen LogP contribution in [0.2, 0.25) is 0 Å². The average Bonchev–Trinajstić information content (AvgIpc) is 3.61. The molecule has 0 saturated heterocycles. The van der Waals surface area contributed by atoms with Crippen LogP contribution in [0.5, 0.6) is 0 Å². The van der Waals surface area contributed by atoms with E-state index >= 15 is 0 Å². The predicted molar refractivity (Wildman–Crippen MR) is 166 cm³/mol. The third-order valence-electron chi connectivity index (χ3n) is 8.29. The minimum absolute atomic E-state index is 0.0120. The van der Waals surface area contributed by atoms with Crippen molar-refractivity contribution in [3.05, 3.63) is 152 Å². The van der Waals surface area contributed by atoms with Gasteiger partial charge in [-0.25, -0.2) is 4.99 Å². The first-order chi connectivity index (χ1) is 21.2. The number of aryl methyl sites for hydroxylation is 2. The van der Waals surface area contributed by atoms with E-state index < -0.39 is 15.9 Å². The molecule has 2 aromatic heterocycles. The van der Waals surface area contributed by atoms with E-state index in [4.69, 9.17) is 9.41 Å². The van der Waals surface area contributed by atoms with E-state index in [9.17, 15) is 25.0 Å². The number of non-ortho nitro benzene ring substituents is 1. The van der Waals surface area contributed by atoms with Crippen molar-refractivity contribution < 1.29 is 14.3 Å². The molecule has 0 saturated carbocycles. The van der Waals surface area contributed by atoms with Gasteiger partial charge in [-0.2, -0.15) is 0 Å². The zero-order chi connectivity index (χ0) is 30.7. The highest BCUT2D eigenvalue weighted by Gasteiger charge is 2.33. The van der Waals surface area contributed by atoms with E-state index in [1.807, 2.05) is 37.3 Å². The molecule has 218 valence electrons. The summed E-state index contributed by atoms with van der Waals surface area (Å²) in [5, 5.41) is 23.2. The third kappa shape index (κ3) is 4.49. The number of rotatable bonds is 5. The summed E-state index contributed by atoms with van der Waals surface area (Å²) in [6.07, 6.45) is 3.08. The number of hydrogen-bond donors (Lipinski definition) is 0. The van der Waals surface area contributed by atoms with Gasteiger partial charge in [0.05, 0.1) is 26.1 Å². The molecule has 1 aliphatic carbocycles. The maximum absolute atomic E-state index is 14.0. The first kappa shape index (κ1) is 27.4. The second-order valence-corrected chi connectivity index (χ2v) is 11.9. The van der Waals surface area contributed by atoms with Crippen LogP contribution in [0.1, 0.15) is 46.0 Å². The van der Waals surface area contributed by atoms with Crippen molar-refractivity contribution in [2.45, 2.75) is 32.7 Å². The molecule has 0 spiro atoms. The number of nitrogens with zero attached hydrogens (tertiary/aromatic N) is 4. The first-order valence-electron chi connectivity index (χ1n) is 13.9. The van der Waals surface area contributed by atoms with Gasteiger partial charge in [0.25, 0.3) is 16.9 Å². The molecule has 10 nitrogen and oxygen atoms in total. The van der Waals surface area contributed by atoms with Crippen molar-refractivity contribution in [1.29, 1.82) is 0 Å². The Labute approximate surface area is 253 Å². The topological polar surface area (TPSA) is 134 Å². The SMILES string of the molecule is Cc1cc(-c2ccc(/C=c3/sc4n(c3=O)[C@@H](c3cccc([N+](=O)[O-])c3)C3=C(N=4)c4ccccc4CC3)o2)cc([N+](=O)[O-])c1C. The Morgan fingerprint density at radius 1 is 0.977 bits per heavy atom. The summed E-state index contributed by atoms with van der Waals surface area (Å²) < 4.78 is 8.06. The van der Waals surface area contributed by atoms with Gasteiger partial charge in [0.2, 0.25) is 0 Å². The lowest BCUT2D eigenvalue weighted by molar-refractivity contribution is -0.385. The van der Waals surface area contributed by atoms with Gasteiger partial charge in [0.15, 0.2) is 4.80 Å². The van der Waals surface area contributed by atoms with Crippen LogP contribution >= 0.6 is 11.3 Å². The van der Waals surface area contributed by atoms with Crippen LogP contribution in [0.15, 0.2) is 92.6 Å². The molecule has 11 heteroatoms. The highest BCUT2D eigenvalue weighted by Crippen LogP contribution is 2.41. The molecular weight excluding hydrogens is 580 g/mol. The summed E-state index contributed by atoms with van der Waals surface area (Å²) in [4.78, 5) is 41.9. The number of nitro benzene ring substituents is 2. The van der Waals surface area contributed by atoms with Gasteiger partial charge in [-0.3, -0.25) is 29.6 Å². The van der Waals surface area contributed by atoms with Gasteiger partial charge < -0.3 is 4.42 Å². The fourth-order valence-electron chi connectivity index (χ4n) is 6.02. The second-order valence-electron chi connectivity index (χ2n) is 10.9. The molecule has 1 aliphatic heterocycles. The number of aromatic nitrogens is 1. The Bertz CT molecular complexity index is 2260. The van der Waals surface area contributed by atoms with Gasteiger partial charge in [0, 0.05) is 41.0 Å². The Hall–Kier alpha value is -5.42. The average molecular weight is 605 g/mol. The molecule has 7 rings (SSSR count). The number of hydrogen-bond acceptors (Lipinski definition) is 8. The van der Waals surface area contributed by atoms with Crippen LogP contribution in [0.25, 0.3) is 23.1 Å². The summed E-state index contributed by atoms with van der Waals surface area (Å²) >= 11 is 1.22. The maximum atomic E-state index is 14.0. The molecule has 5 aromatic rings. The Balaban J connectivity index is 1.38. The van der Waals surface area contributed by atoms with Gasteiger partial charge in [-0.15, -0.1) is 0 Å². The lowest BCUT2D eigenvalue weighted by Crippen LogP contribution is -2.38. The summed E-state index contributed by atoms with van der Waals surface area (Å²) in [7, 11) is 0. The Kier molecular flexibility index (Phi) is 6.47. The zero-order valence-corrected chi connectivity index (χ0v) is 24.5. The smallest absolute Gasteiger partial charge is 0.273 e. The largest absolute Gasteiger partial charge is 0.457 e. The minimum Gasteiger partial charge on any atom is -0.457 e. The highest BCUT2D eigenvalue weighted by atomic mass is 32.1. The van der Waals surface area contributed by atoms with Gasteiger partial charge in [-0.05, 0) is 67.2 Å². The number of benzene rings is 3. The van der Waals surface area contributed by atoms with Crippen LogP contribution in [0.3, 0.4) is 0 Å². The molecule has 44 heavy (non-hydrogen) atoms. The fourth-order valence-corrected chi connectivity index (χ4v) is 7.00. The number of fused-ring (bicyclic) bond motifs is 3. The van der Waals surface area contributed by atoms with E-state index in [2.05, 4.69) is 6.07 Å². The summed E-state index contributed by atoms with van der Waals surface area (Å²) in [6, 6.07) is 20.7. The van der Waals surface area contributed by atoms with E-state index in [-0.39, 0.29) is 16.9 Å². The zero-order valence-electron chi connectivity index (χ0n) is 23.6. The minimum atomic E-state index is -0.556. The van der Waals surface area contributed by atoms with E-state index in [1.54, 1.807) is 35.8 Å². The first-order valence-corrected chi connectivity index (χ1v) is 14.7. The Morgan fingerprint density at radius 3 is 2.59 bits per heavy atom. The lowest BCUT2D eigenvalue weighted by atomic mass is 9.83. The van der Waals surface area contributed by atoms with Crippen LogP contribution in [0, 0.1) is 34.1 Å². The monoisotopic (exact) mass is 604 g/mol. The van der Waals surface area contributed by atoms with Crippen LogP contribution in [-0.2, 0) is 6.42 Å². The standard InChI is InChI=1S/C33H24N4O6S/c1-18-14-22(16-27(19(18)2)37(41)42)28-13-11-24(43-28)17-29-32(38)35-31(21-7-5-8-23(15-21)36(39)40)26-12-10-20-6-3-4-9-25(20)30(26)34-33(35)44-29/h3-9,11,13-17,31H,10,12H2,1-2H3/b29-17+/t31-/m0/s1. The van der Waals surface area contributed by atoms with Gasteiger partial charge >= 0.3 is 0 Å². The molecular formula is C33H24N4O6S. The third-order valence-corrected chi connectivity index (χ3v) is 9.27. The van der Waals surface area contributed by atoms with Crippen LogP contribution < -0.4 is 14.9 Å². The molecule has 3 aromatic carbocycles. The molecule has 0 unspecified atom stereocenters. The van der Waals surface area contributed by atoms with Crippen molar-refractivity contribution in [3.8, 4) is 11.3 Å². The molecule has 0 fully saturated rings. The molecule has 0 N–H and O–H groups in total. The van der Waals surface area contributed by atoms with Gasteiger partial charge in [-0.1, -0.05) is 47.7 Å². The number of furan rings is 1. The molecule has 0 radical (unpaired) electrons. The van der Waals surface area contributed by atoms with Crippen molar-refractivity contribution in [2.24, 2.45) is 4.99 Å². The predicted octanol–water partition coefficient (Wildman–Crippen LogP) is 6.01. The second kappa shape index (κ2) is 10.4. The Morgan fingerprint density at radius 2 is 1.80 bits per heavy atom. The normalized spacial score (nSPS) is 15.8. The quantitative estimate of drug-likeness (QED) is 0.178. The number of nitro groups is 2. The van der Waals surface area contributed by atoms with Crippen molar-refractivity contribution in [3.63, 3.8) is 0 Å². The van der Waals surface area contributed by atoms with Crippen molar-refractivity contribution >= 4 is 34.5 Å². The summed E-state index contributed by atoms with van der Waals surface area (Å²) in [5.41, 5.74) is 6.17. The molecule has 0 bridgehead atoms. The maximum Gasteiger partial charge on any atom is 0.273 e. The van der Waals surface area contributed by atoms with Crippen molar-refractivity contribution in [1.82, 2.24) is 4.57 Å². The number of thiazole rings is 1. The number of allylic oxidation sites excluding steroid dienone is 1. The molecule has 1 atom stereocenters. The highest BCUT2D eigenvalue weighted by molar-refractivity contribution is 7.07. The lowest BCUT2D eigenvalue weighted by Gasteiger charge is -2.30. The van der Waals surface area contributed by atoms with Crippen LogP contribution in [-0.4, -0.2) is 14.4 Å². The molecule has 3 heterocycles. The summed E-state index contributed by atoms with van der Waals surface area (Å²) in [6.45, 7) is 3.52. The summed E-state index contributed by atoms with van der Waals surface area (Å²) in [5.74, 6) is 0.851. The van der Waals surface area contributed by atoms with E-state index in [0.29, 0.717) is 44.0 Å². The van der Waals surface area contributed by atoms with E-state index in [1.165, 1.54) is 35.1 Å². The molecule has 0 amide bonds. The van der Waals surface area contributed by atoms with E-state index in [0.717, 1.165) is 28.8 Å². The van der Waals surface area contributed by atoms with Crippen LogP contribution in [0.4, 0.5) is 11.4 Å².